The first-order valence-corrected chi connectivity index (χ1v) is 11.5. The van der Waals surface area contributed by atoms with Crippen LogP contribution in [0, 0.1) is 0 Å². The molecule has 2 aromatic carbocycles. The van der Waals surface area contributed by atoms with E-state index in [4.69, 9.17) is 9.47 Å². The Kier molecular flexibility index (Phi) is 7.28. The van der Waals surface area contributed by atoms with Gasteiger partial charge in [0.05, 0.1) is 22.3 Å². The van der Waals surface area contributed by atoms with Crippen molar-refractivity contribution < 1.29 is 22.7 Å². The fourth-order valence-electron chi connectivity index (χ4n) is 3.48. The molecule has 0 atom stereocenters. The Bertz CT molecular complexity index is 936. The summed E-state index contributed by atoms with van der Waals surface area (Å²) in [5.41, 5.74) is 0.825. The molecule has 29 heavy (non-hydrogen) atoms. The summed E-state index contributed by atoms with van der Waals surface area (Å²) in [5, 5.41) is 2.46. The van der Waals surface area contributed by atoms with Crippen LogP contribution in [0.1, 0.15) is 43.0 Å². The first-order chi connectivity index (χ1) is 14.0. The molecule has 2 aromatic rings. The molecule has 0 aromatic heterocycles. The van der Waals surface area contributed by atoms with E-state index in [9.17, 15) is 13.2 Å². The van der Waals surface area contributed by atoms with E-state index in [2.05, 4.69) is 5.32 Å². The van der Waals surface area contributed by atoms with E-state index in [1.54, 1.807) is 42.5 Å². The zero-order valence-electron chi connectivity index (χ0n) is 16.6. The van der Waals surface area contributed by atoms with E-state index in [-0.39, 0.29) is 16.1 Å². The number of anilines is 1. The number of carbonyl (C=O) groups excluding carboxylic acids is 1. The van der Waals surface area contributed by atoms with Gasteiger partial charge in [-0.05, 0) is 50.1 Å². The third kappa shape index (κ3) is 5.36. The second-order valence-electron chi connectivity index (χ2n) is 6.97. The molecule has 0 radical (unpaired) electrons. The second kappa shape index (κ2) is 9.89. The van der Waals surface area contributed by atoms with Crippen LogP contribution in [0.2, 0.25) is 0 Å². The highest BCUT2D eigenvalue weighted by atomic mass is 32.2. The van der Waals surface area contributed by atoms with Gasteiger partial charge in [0.2, 0.25) is 0 Å². The summed E-state index contributed by atoms with van der Waals surface area (Å²) in [6.07, 6.45) is 3.29. The SMILES string of the molecule is CCOCCOc1ccccc1C(=O)Nc1cccc(S(=O)(=O)C2CCCC2)c1. The van der Waals surface area contributed by atoms with Gasteiger partial charge >= 0.3 is 0 Å². The smallest absolute Gasteiger partial charge is 0.259 e. The van der Waals surface area contributed by atoms with E-state index in [0.717, 1.165) is 12.8 Å². The van der Waals surface area contributed by atoms with Gasteiger partial charge < -0.3 is 14.8 Å². The maximum absolute atomic E-state index is 12.8. The molecule has 1 aliphatic rings. The van der Waals surface area contributed by atoms with Gasteiger partial charge in [0, 0.05) is 12.3 Å². The first kappa shape index (κ1) is 21.3. The summed E-state index contributed by atoms with van der Waals surface area (Å²) < 4.78 is 36.6. The topological polar surface area (TPSA) is 81.7 Å². The normalized spacial score (nSPS) is 14.7. The van der Waals surface area contributed by atoms with Crippen molar-refractivity contribution in [3.63, 3.8) is 0 Å². The van der Waals surface area contributed by atoms with Crippen LogP contribution in [-0.4, -0.2) is 39.4 Å². The first-order valence-electron chi connectivity index (χ1n) is 9.97. The van der Waals surface area contributed by atoms with E-state index in [1.165, 1.54) is 6.07 Å². The molecule has 0 heterocycles. The predicted molar refractivity (Wildman–Crippen MR) is 112 cm³/mol. The quantitative estimate of drug-likeness (QED) is 0.622. The van der Waals surface area contributed by atoms with Crippen LogP contribution in [0.25, 0.3) is 0 Å². The number of sulfone groups is 1. The highest BCUT2D eigenvalue weighted by Gasteiger charge is 2.30. The molecule has 0 aliphatic heterocycles. The molecule has 1 saturated carbocycles. The van der Waals surface area contributed by atoms with E-state index < -0.39 is 9.84 Å². The minimum atomic E-state index is -3.38. The van der Waals surface area contributed by atoms with Crippen molar-refractivity contribution in [1.29, 1.82) is 0 Å². The van der Waals surface area contributed by atoms with Gasteiger partial charge in [-0.2, -0.15) is 0 Å². The van der Waals surface area contributed by atoms with E-state index >= 15 is 0 Å². The third-order valence-corrected chi connectivity index (χ3v) is 7.24. The molecule has 3 rings (SSSR count). The lowest BCUT2D eigenvalue weighted by molar-refractivity contribution is 0.0998. The Morgan fingerprint density at radius 3 is 2.59 bits per heavy atom. The number of benzene rings is 2. The summed E-state index contributed by atoms with van der Waals surface area (Å²) in [7, 11) is -3.38. The van der Waals surface area contributed by atoms with Crippen LogP contribution in [0.3, 0.4) is 0 Å². The lowest BCUT2D eigenvalue weighted by Gasteiger charge is -2.14. The van der Waals surface area contributed by atoms with E-state index in [1.807, 2.05) is 6.92 Å². The number of carbonyl (C=O) groups is 1. The zero-order valence-corrected chi connectivity index (χ0v) is 17.4. The van der Waals surface area contributed by atoms with Crippen molar-refractivity contribution in [3.8, 4) is 5.75 Å². The average molecular weight is 418 g/mol. The minimum absolute atomic E-state index is 0.253. The Morgan fingerprint density at radius 2 is 1.83 bits per heavy atom. The fourth-order valence-corrected chi connectivity index (χ4v) is 5.37. The number of amides is 1. The standard InChI is InChI=1S/C22H27NO5S/c1-2-27-14-15-28-21-13-6-5-12-20(21)22(24)23-17-8-7-11-19(16-17)29(25,26)18-9-3-4-10-18/h5-8,11-13,16,18H,2-4,9-10,14-15H2,1H3,(H,23,24). The largest absolute Gasteiger partial charge is 0.490 e. The van der Waals surface area contributed by atoms with E-state index in [0.29, 0.717) is 49.7 Å². The van der Waals surface area contributed by atoms with Crippen molar-refractivity contribution in [3.05, 3.63) is 54.1 Å². The van der Waals surface area contributed by atoms with Crippen molar-refractivity contribution in [2.45, 2.75) is 42.8 Å². The second-order valence-corrected chi connectivity index (χ2v) is 9.20. The van der Waals surface area contributed by atoms with Crippen molar-refractivity contribution >= 4 is 21.4 Å². The van der Waals surface area contributed by atoms with Crippen LogP contribution in [0.15, 0.2) is 53.4 Å². The van der Waals surface area contributed by atoms with Crippen LogP contribution in [0.4, 0.5) is 5.69 Å². The molecule has 1 N–H and O–H groups in total. The number of nitrogens with one attached hydrogen (secondary N) is 1. The van der Waals surface area contributed by atoms with Crippen LogP contribution in [-0.2, 0) is 14.6 Å². The molecule has 0 saturated heterocycles. The minimum Gasteiger partial charge on any atom is -0.490 e. The third-order valence-electron chi connectivity index (χ3n) is 4.98. The Hall–Kier alpha value is -2.38. The fraction of sp³-hybridized carbons (Fsp3) is 0.409. The Morgan fingerprint density at radius 1 is 1.07 bits per heavy atom. The molecular weight excluding hydrogens is 390 g/mol. The Balaban J connectivity index is 1.73. The van der Waals surface area contributed by atoms with Crippen LogP contribution < -0.4 is 10.1 Å². The van der Waals surface area contributed by atoms with Gasteiger partial charge in [-0.15, -0.1) is 0 Å². The van der Waals surface area contributed by atoms with Crippen molar-refractivity contribution in [2.24, 2.45) is 0 Å². The maximum atomic E-state index is 12.8. The molecule has 0 spiro atoms. The Labute approximate surface area is 172 Å². The van der Waals surface area contributed by atoms with Gasteiger partial charge in [-0.3, -0.25) is 4.79 Å². The van der Waals surface area contributed by atoms with Gasteiger partial charge in [0.1, 0.15) is 12.4 Å². The monoisotopic (exact) mass is 417 g/mol. The summed E-state index contributed by atoms with van der Waals surface area (Å²) in [5.74, 6) is 0.104. The van der Waals surface area contributed by atoms with Crippen molar-refractivity contribution in [2.75, 3.05) is 25.1 Å². The number of para-hydroxylation sites is 1. The summed E-state index contributed by atoms with van der Waals surface area (Å²) in [4.78, 5) is 13.0. The molecule has 1 fully saturated rings. The van der Waals surface area contributed by atoms with Gasteiger partial charge in [0.25, 0.3) is 5.91 Å². The predicted octanol–water partition coefficient (Wildman–Crippen LogP) is 4.07. The molecule has 1 aliphatic carbocycles. The molecule has 6 nitrogen and oxygen atoms in total. The van der Waals surface area contributed by atoms with Crippen molar-refractivity contribution in [1.82, 2.24) is 0 Å². The maximum Gasteiger partial charge on any atom is 0.259 e. The lowest BCUT2D eigenvalue weighted by Crippen LogP contribution is -2.18. The zero-order chi connectivity index (χ0) is 20.7. The van der Waals surface area contributed by atoms with Crippen LogP contribution >= 0.6 is 0 Å². The summed E-state index contributed by atoms with van der Waals surface area (Å²) in [6.45, 7) is 3.29. The van der Waals surface area contributed by atoms with Gasteiger partial charge in [-0.1, -0.05) is 31.0 Å². The van der Waals surface area contributed by atoms with Gasteiger partial charge in [-0.25, -0.2) is 8.42 Å². The van der Waals surface area contributed by atoms with Crippen LogP contribution in [0.5, 0.6) is 5.75 Å². The average Bonchev–Trinajstić information content (AvgIpc) is 3.27. The summed E-state index contributed by atoms with van der Waals surface area (Å²) >= 11 is 0. The summed E-state index contributed by atoms with van der Waals surface area (Å²) in [6, 6.07) is 13.4. The number of rotatable bonds is 9. The highest BCUT2D eigenvalue weighted by molar-refractivity contribution is 7.92. The van der Waals surface area contributed by atoms with Gasteiger partial charge in [0.15, 0.2) is 9.84 Å². The highest BCUT2D eigenvalue weighted by Crippen LogP contribution is 2.30. The molecule has 0 bridgehead atoms. The molecule has 7 heteroatoms. The molecule has 156 valence electrons. The number of ether oxygens (including phenoxy) is 2. The molecular formula is C22H27NO5S. The number of hydrogen-bond donors (Lipinski definition) is 1. The number of hydrogen-bond acceptors (Lipinski definition) is 5. The molecule has 1 amide bonds. The lowest BCUT2D eigenvalue weighted by atomic mass is 10.2. The molecule has 0 unspecified atom stereocenters.